The maximum Gasteiger partial charge on any atom is 0.169 e. The lowest BCUT2D eigenvalue weighted by Gasteiger charge is -2.36. The predicted molar refractivity (Wildman–Crippen MR) is 96.3 cm³/mol. The highest BCUT2D eigenvalue weighted by atomic mass is 16.7. The van der Waals surface area contributed by atoms with Crippen molar-refractivity contribution in [1.29, 1.82) is 0 Å². The number of piperidine rings is 1. The summed E-state index contributed by atoms with van der Waals surface area (Å²) in [7, 11) is 3.34. The van der Waals surface area contributed by atoms with E-state index >= 15 is 0 Å². The molecule has 134 valence electrons. The minimum absolute atomic E-state index is 0.174. The molecule has 25 heavy (non-hydrogen) atoms. The lowest BCUT2D eigenvalue weighted by molar-refractivity contribution is -0.141. The molecular weight excluding hydrogens is 320 g/mol. The molecule has 1 aromatic heterocycles. The number of nitrogens with zero attached hydrogens (tertiary/aromatic N) is 3. The number of phenolic OH excluding ortho intramolecular Hbond substituents is 1. The van der Waals surface area contributed by atoms with Crippen molar-refractivity contribution in [3.63, 3.8) is 0 Å². The highest BCUT2D eigenvalue weighted by molar-refractivity contribution is 5.74. The van der Waals surface area contributed by atoms with Gasteiger partial charge in [-0.15, -0.1) is 10.2 Å². The van der Waals surface area contributed by atoms with E-state index in [9.17, 15) is 5.11 Å². The van der Waals surface area contributed by atoms with E-state index in [1.165, 1.54) is 0 Å². The monoisotopic (exact) mass is 344 g/mol. The molecule has 1 fully saturated rings. The first kappa shape index (κ1) is 17.4. The van der Waals surface area contributed by atoms with Crippen LogP contribution in [0.3, 0.4) is 0 Å². The van der Waals surface area contributed by atoms with Crippen molar-refractivity contribution in [3.8, 4) is 17.0 Å². The molecule has 1 aliphatic rings. The van der Waals surface area contributed by atoms with Gasteiger partial charge in [-0.05, 0) is 31.0 Å². The zero-order chi connectivity index (χ0) is 17.8. The number of phenols is 1. The van der Waals surface area contributed by atoms with Crippen LogP contribution in [0.2, 0.25) is 0 Å². The van der Waals surface area contributed by atoms with Gasteiger partial charge in [0.2, 0.25) is 0 Å². The molecule has 0 aliphatic carbocycles. The Bertz CT molecular complexity index is 713. The number of methoxy groups -OCH3 is 2. The molecule has 0 radical (unpaired) electrons. The smallest absolute Gasteiger partial charge is 0.169 e. The van der Waals surface area contributed by atoms with Gasteiger partial charge in [-0.2, -0.15) is 0 Å². The Morgan fingerprint density at radius 3 is 2.48 bits per heavy atom. The number of nitrogen functional groups attached to an aromatic ring is 1. The second-order valence-corrected chi connectivity index (χ2v) is 6.18. The molecular formula is C18H24N4O3. The van der Waals surface area contributed by atoms with Gasteiger partial charge < -0.3 is 25.2 Å². The third-order valence-electron chi connectivity index (χ3n) is 4.71. The summed E-state index contributed by atoms with van der Waals surface area (Å²) in [6.45, 7) is 1.67. The number of nitrogens with two attached hydrogens (primary N) is 1. The topological polar surface area (TPSA) is 93.7 Å². The van der Waals surface area contributed by atoms with Crippen molar-refractivity contribution in [2.45, 2.75) is 19.1 Å². The zero-order valence-electron chi connectivity index (χ0n) is 14.6. The molecule has 3 N–H and O–H groups in total. The number of ether oxygens (including phenoxy) is 2. The average molecular weight is 344 g/mol. The first-order valence-electron chi connectivity index (χ1n) is 8.36. The Kier molecular flexibility index (Phi) is 5.35. The molecule has 0 atom stereocenters. The van der Waals surface area contributed by atoms with Gasteiger partial charge in [0, 0.05) is 38.8 Å². The minimum Gasteiger partial charge on any atom is -0.507 e. The third-order valence-corrected chi connectivity index (χ3v) is 4.71. The largest absolute Gasteiger partial charge is 0.507 e. The molecule has 0 bridgehead atoms. The highest BCUT2D eigenvalue weighted by Gasteiger charge is 2.27. The van der Waals surface area contributed by atoms with Crippen LogP contribution in [-0.2, 0) is 9.47 Å². The van der Waals surface area contributed by atoms with E-state index in [2.05, 4.69) is 15.1 Å². The van der Waals surface area contributed by atoms with Gasteiger partial charge in [-0.1, -0.05) is 12.1 Å². The molecule has 7 nitrogen and oxygen atoms in total. The first-order valence-corrected chi connectivity index (χ1v) is 8.36. The fraction of sp³-hybridized carbons (Fsp3) is 0.444. The molecule has 7 heteroatoms. The standard InChI is InChI=1S/C18H24N4O3/c1-24-18(25-2)12-7-9-22(10-8-12)15-11-14(20-21-17(15)19)13-5-3-4-6-16(13)23/h3-6,11-12,18,23H,7-10H2,1-2H3,(H2,19,21). The van der Waals surface area contributed by atoms with Gasteiger partial charge in [0.15, 0.2) is 12.1 Å². The summed E-state index contributed by atoms with van der Waals surface area (Å²) in [6.07, 6.45) is 1.71. The maximum atomic E-state index is 10.0. The summed E-state index contributed by atoms with van der Waals surface area (Å²) in [6, 6.07) is 8.97. The van der Waals surface area contributed by atoms with Crippen LogP contribution in [0.15, 0.2) is 30.3 Å². The van der Waals surface area contributed by atoms with Crippen LogP contribution < -0.4 is 10.6 Å². The van der Waals surface area contributed by atoms with Gasteiger partial charge in [0.25, 0.3) is 0 Å². The van der Waals surface area contributed by atoms with E-state index in [1.54, 1.807) is 26.4 Å². The molecule has 0 spiro atoms. The van der Waals surface area contributed by atoms with Crippen molar-refractivity contribution in [2.24, 2.45) is 5.92 Å². The van der Waals surface area contributed by atoms with Gasteiger partial charge in [-0.25, -0.2) is 0 Å². The highest BCUT2D eigenvalue weighted by Crippen LogP contribution is 2.33. The first-order chi connectivity index (χ1) is 12.1. The van der Waals surface area contributed by atoms with Gasteiger partial charge in [0.1, 0.15) is 5.75 Å². The van der Waals surface area contributed by atoms with Crippen molar-refractivity contribution in [1.82, 2.24) is 10.2 Å². The fourth-order valence-corrected chi connectivity index (χ4v) is 3.36. The van der Waals surface area contributed by atoms with Gasteiger partial charge in [0.05, 0.1) is 11.4 Å². The number of anilines is 2. The Balaban J connectivity index is 1.80. The Morgan fingerprint density at radius 1 is 1.16 bits per heavy atom. The lowest BCUT2D eigenvalue weighted by atomic mass is 9.95. The molecule has 1 aliphatic heterocycles. The maximum absolute atomic E-state index is 10.0. The fourth-order valence-electron chi connectivity index (χ4n) is 3.36. The van der Waals surface area contributed by atoms with E-state index in [-0.39, 0.29) is 12.0 Å². The van der Waals surface area contributed by atoms with E-state index in [4.69, 9.17) is 15.2 Å². The minimum atomic E-state index is -0.174. The predicted octanol–water partition coefficient (Wildman–Crippen LogP) is 2.27. The van der Waals surface area contributed by atoms with Crippen molar-refractivity contribution >= 4 is 11.5 Å². The van der Waals surface area contributed by atoms with Crippen LogP contribution in [0.5, 0.6) is 5.75 Å². The van der Waals surface area contributed by atoms with Gasteiger partial charge in [-0.3, -0.25) is 0 Å². The van der Waals surface area contributed by atoms with Crippen molar-refractivity contribution < 1.29 is 14.6 Å². The summed E-state index contributed by atoms with van der Waals surface area (Å²) >= 11 is 0. The number of rotatable bonds is 5. The third kappa shape index (κ3) is 3.67. The Labute approximate surface area is 147 Å². The second-order valence-electron chi connectivity index (χ2n) is 6.18. The van der Waals surface area contributed by atoms with Crippen LogP contribution in [0.4, 0.5) is 11.5 Å². The summed E-state index contributed by atoms with van der Waals surface area (Å²) in [5.74, 6) is 0.932. The quantitative estimate of drug-likeness (QED) is 0.804. The van der Waals surface area contributed by atoms with Crippen LogP contribution in [0.1, 0.15) is 12.8 Å². The number of hydrogen-bond acceptors (Lipinski definition) is 7. The SMILES string of the molecule is COC(OC)C1CCN(c2cc(-c3ccccc3O)nnc2N)CC1. The summed E-state index contributed by atoms with van der Waals surface area (Å²) in [5.41, 5.74) is 8.15. The van der Waals surface area contributed by atoms with Crippen molar-refractivity contribution in [3.05, 3.63) is 30.3 Å². The van der Waals surface area contributed by atoms with E-state index in [0.717, 1.165) is 31.6 Å². The summed E-state index contributed by atoms with van der Waals surface area (Å²) in [5, 5.41) is 18.3. The van der Waals surface area contributed by atoms with E-state index in [1.807, 2.05) is 18.2 Å². The molecule has 2 heterocycles. The van der Waals surface area contributed by atoms with Crippen LogP contribution >= 0.6 is 0 Å². The van der Waals surface area contributed by atoms with Crippen LogP contribution in [0.25, 0.3) is 11.3 Å². The zero-order valence-corrected chi connectivity index (χ0v) is 14.6. The molecule has 2 aromatic rings. The van der Waals surface area contributed by atoms with E-state index < -0.39 is 0 Å². The number of benzene rings is 1. The summed E-state index contributed by atoms with van der Waals surface area (Å²) < 4.78 is 10.8. The Morgan fingerprint density at radius 2 is 1.84 bits per heavy atom. The van der Waals surface area contributed by atoms with Gasteiger partial charge >= 0.3 is 0 Å². The molecule has 0 saturated carbocycles. The number of aromatic hydroxyl groups is 1. The van der Waals surface area contributed by atoms with E-state index in [0.29, 0.717) is 23.0 Å². The average Bonchev–Trinajstić information content (AvgIpc) is 2.64. The number of hydrogen-bond donors (Lipinski definition) is 2. The van der Waals surface area contributed by atoms with Crippen molar-refractivity contribution in [2.75, 3.05) is 37.9 Å². The molecule has 1 aromatic carbocycles. The number of aromatic nitrogens is 2. The molecule has 1 saturated heterocycles. The molecule has 3 rings (SSSR count). The lowest BCUT2D eigenvalue weighted by Crippen LogP contribution is -2.39. The molecule has 0 amide bonds. The number of para-hydroxylation sites is 1. The Hall–Kier alpha value is -2.38. The molecule has 0 unspecified atom stereocenters. The van der Waals surface area contributed by atoms with Crippen LogP contribution in [-0.4, -0.2) is 48.9 Å². The summed E-state index contributed by atoms with van der Waals surface area (Å²) in [4.78, 5) is 2.20. The normalized spacial score (nSPS) is 15.7. The second kappa shape index (κ2) is 7.67. The van der Waals surface area contributed by atoms with Crippen LogP contribution in [0, 0.1) is 5.92 Å².